The quantitative estimate of drug-likeness (QED) is 0.129. The second kappa shape index (κ2) is 14.0. The first-order valence-electron chi connectivity index (χ1n) is 6.97. The van der Waals surface area contributed by atoms with E-state index < -0.39 is 24.0 Å². The maximum absolute atomic E-state index is 10.2. The number of hydrogen-bond donors (Lipinski definition) is 8. The Morgan fingerprint density at radius 3 is 1.82 bits per heavy atom. The molecular weight excluding hydrogens is 292 g/mol. The van der Waals surface area contributed by atoms with Crippen LogP contribution in [0.2, 0.25) is 0 Å². The summed E-state index contributed by atoms with van der Waals surface area (Å²) in [6, 6.07) is -1.54. The van der Waals surface area contributed by atoms with Crippen LogP contribution in [0.25, 0.3) is 0 Å². The summed E-state index contributed by atoms with van der Waals surface area (Å²) in [6.45, 7) is 1.09. The van der Waals surface area contributed by atoms with E-state index in [9.17, 15) is 9.59 Å². The van der Waals surface area contributed by atoms with Gasteiger partial charge < -0.3 is 38.5 Å². The van der Waals surface area contributed by atoms with Crippen molar-refractivity contribution in [3.8, 4) is 0 Å². The van der Waals surface area contributed by atoms with Crippen LogP contribution in [0.5, 0.6) is 0 Å². The molecule has 0 aliphatic carbocycles. The molecule has 0 bridgehead atoms. The van der Waals surface area contributed by atoms with Gasteiger partial charge in [-0.15, -0.1) is 0 Å². The second-order valence-corrected chi connectivity index (χ2v) is 4.66. The van der Waals surface area contributed by atoms with E-state index in [4.69, 9.17) is 38.6 Å². The fourth-order valence-electron chi connectivity index (χ4n) is 1.30. The van der Waals surface area contributed by atoms with E-state index in [1.165, 1.54) is 0 Å². The van der Waals surface area contributed by atoms with Crippen molar-refractivity contribution >= 4 is 17.9 Å². The maximum Gasteiger partial charge on any atom is 0.320 e. The summed E-state index contributed by atoms with van der Waals surface area (Å²) < 4.78 is 0. The Balaban J connectivity index is 0. The number of carboxylic acid groups (broad SMARTS) is 2. The summed E-state index contributed by atoms with van der Waals surface area (Å²) in [5.74, 6) is -2.05. The molecular formula is C12H28N6O4. The molecule has 12 N–H and O–H groups in total. The standard InChI is InChI=1S/C6H14N4O2.C6H14N2O2/c7-4(5(11)12)2-1-3-10-6(8)9;7-4-2-1-3-5(8)6(9)10/h4H,1-3,7H2,(H,11,12)(H4,8,9,10);5H,1-4,7-8H2,(H,9,10)/t4-;5-/m11/s1. The highest BCUT2D eigenvalue weighted by Crippen LogP contribution is 1.97. The highest BCUT2D eigenvalue weighted by molar-refractivity contribution is 5.74. The van der Waals surface area contributed by atoms with E-state index >= 15 is 0 Å². The van der Waals surface area contributed by atoms with Gasteiger partial charge in [-0.2, -0.15) is 0 Å². The number of nitrogens with two attached hydrogens (primary N) is 4. The molecule has 10 heteroatoms. The van der Waals surface area contributed by atoms with E-state index in [-0.39, 0.29) is 5.96 Å². The van der Waals surface area contributed by atoms with Crippen LogP contribution in [0.15, 0.2) is 0 Å². The minimum absolute atomic E-state index is 0.112. The first kappa shape index (κ1) is 22.4. The third-order valence-electron chi connectivity index (χ3n) is 2.61. The summed E-state index contributed by atoms with van der Waals surface area (Å²) in [5.41, 5.74) is 20.6. The Bertz CT molecular complexity index is 340. The van der Waals surface area contributed by atoms with E-state index in [0.717, 1.165) is 12.8 Å². The fraction of sp³-hybridized carbons (Fsp3) is 0.750. The van der Waals surface area contributed by atoms with E-state index in [0.29, 0.717) is 32.4 Å². The lowest BCUT2D eigenvalue weighted by atomic mass is 10.1. The predicted molar refractivity (Wildman–Crippen MR) is 83.3 cm³/mol. The van der Waals surface area contributed by atoms with Crippen molar-refractivity contribution in [3.63, 3.8) is 0 Å². The van der Waals surface area contributed by atoms with Gasteiger partial charge >= 0.3 is 11.9 Å². The minimum Gasteiger partial charge on any atom is -0.480 e. The zero-order valence-electron chi connectivity index (χ0n) is 12.6. The molecule has 130 valence electrons. The molecule has 0 rings (SSSR count). The van der Waals surface area contributed by atoms with Crippen LogP contribution in [0.3, 0.4) is 0 Å². The number of nitrogens with one attached hydrogen (secondary N) is 2. The van der Waals surface area contributed by atoms with Crippen LogP contribution in [0.1, 0.15) is 32.1 Å². The molecule has 0 aromatic heterocycles. The molecule has 10 nitrogen and oxygen atoms in total. The molecule has 0 radical (unpaired) electrons. The summed E-state index contributed by atoms with van der Waals surface area (Å²) >= 11 is 0. The highest BCUT2D eigenvalue weighted by atomic mass is 16.4. The lowest BCUT2D eigenvalue weighted by Gasteiger charge is -2.06. The van der Waals surface area contributed by atoms with Crippen molar-refractivity contribution in [1.82, 2.24) is 5.32 Å². The molecule has 22 heavy (non-hydrogen) atoms. The van der Waals surface area contributed by atoms with Crippen LogP contribution >= 0.6 is 0 Å². The zero-order chi connectivity index (χ0) is 17.5. The van der Waals surface area contributed by atoms with Crippen molar-refractivity contribution in [3.05, 3.63) is 0 Å². The van der Waals surface area contributed by atoms with Gasteiger partial charge in [0.05, 0.1) is 0 Å². The molecule has 0 aromatic rings. The van der Waals surface area contributed by atoms with Crippen molar-refractivity contribution in [1.29, 1.82) is 5.41 Å². The molecule has 0 saturated heterocycles. The summed E-state index contributed by atoms with van der Waals surface area (Å²) in [5, 5.41) is 26.0. The Hall–Kier alpha value is -1.91. The third-order valence-corrected chi connectivity index (χ3v) is 2.61. The number of rotatable bonds is 10. The van der Waals surface area contributed by atoms with E-state index in [2.05, 4.69) is 5.32 Å². The van der Waals surface area contributed by atoms with Crippen molar-refractivity contribution in [2.24, 2.45) is 22.9 Å². The fourth-order valence-corrected chi connectivity index (χ4v) is 1.30. The molecule has 0 fully saturated rings. The molecule has 2 atom stereocenters. The van der Waals surface area contributed by atoms with Crippen LogP contribution in [-0.2, 0) is 9.59 Å². The van der Waals surface area contributed by atoms with Gasteiger partial charge in [0, 0.05) is 6.54 Å². The maximum atomic E-state index is 10.2. The zero-order valence-corrected chi connectivity index (χ0v) is 12.6. The van der Waals surface area contributed by atoms with Gasteiger partial charge in [-0.25, -0.2) is 0 Å². The van der Waals surface area contributed by atoms with Gasteiger partial charge in [0.25, 0.3) is 0 Å². The predicted octanol–water partition coefficient (Wildman–Crippen LogP) is -1.81. The molecule has 0 heterocycles. The monoisotopic (exact) mass is 320 g/mol. The van der Waals surface area contributed by atoms with Gasteiger partial charge in [-0.3, -0.25) is 15.0 Å². The number of carbonyl (C=O) groups is 2. The number of guanidine groups is 1. The Morgan fingerprint density at radius 1 is 1.00 bits per heavy atom. The second-order valence-electron chi connectivity index (χ2n) is 4.66. The average Bonchev–Trinajstić information content (AvgIpc) is 2.43. The summed E-state index contributed by atoms with van der Waals surface area (Å²) in [4.78, 5) is 20.4. The molecule has 0 saturated carbocycles. The minimum atomic E-state index is -1.00. The topological polar surface area (TPSA) is 215 Å². The Kier molecular flexibility index (Phi) is 14.3. The van der Waals surface area contributed by atoms with Crippen LogP contribution in [-0.4, -0.2) is 53.3 Å². The van der Waals surface area contributed by atoms with Crippen LogP contribution in [0, 0.1) is 5.41 Å². The van der Waals surface area contributed by atoms with Crippen molar-refractivity contribution < 1.29 is 19.8 Å². The van der Waals surface area contributed by atoms with Gasteiger partial charge in [-0.05, 0) is 32.2 Å². The first-order chi connectivity index (χ1) is 10.2. The highest BCUT2D eigenvalue weighted by Gasteiger charge is 2.10. The van der Waals surface area contributed by atoms with Gasteiger partial charge in [0.15, 0.2) is 5.96 Å². The normalized spacial score (nSPS) is 12.5. The van der Waals surface area contributed by atoms with Crippen LogP contribution < -0.4 is 28.3 Å². The molecule has 0 unspecified atom stereocenters. The smallest absolute Gasteiger partial charge is 0.320 e. The van der Waals surface area contributed by atoms with E-state index in [1.807, 2.05) is 0 Å². The molecule has 0 aliphatic heterocycles. The van der Waals surface area contributed by atoms with Gasteiger partial charge in [0.2, 0.25) is 0 Å². The average molecular weight is 320 g/mol. The summed E-state index contributed by atoms with van der Waals surface area (Å²) in [6.07, 6.45) is 3.14. The Labute approximate surface area is 129 Å². The summed E-state index contributed by atoms with van der Waals surface area (Å²) in [7, 11) is 0. The number of unbranched alkanes of at least 4 members (excludes halogenated alkanes) is 1. The van der Waals surface area contributed by atoms with Crippen molar-refractivity contribution in [2.75, 3.05) is 13.1 Å². The lowest BCUT2D eigenvalue weighted by molar-refractivity contribution is -0.139. The lowest BCUT2D eigenvalue weighted by Crippen LogP contribution is -2.34. The van der Waals surface area contributed by atoms with E-state index in [1.54, 1.807) is 0 Å². The van der Waals surface area contributed by atoms with Crippen molar-refractivity contribution in [2.45, 2.75) is 44.2 Å². The third kappa shape index (κ3) is 16.1. The van der Waals surface area contributed by atoms with Gasteiger partial charge in [0.1, 0.15) is 12.1 Å². The first-order valence-corrected chi connectivity index (χ1v) is 6.97. The SMILES string of the molecule is N=C(N)NCCC[C@@H](N)C(=O)O.NCCCC[C@@H](N)C(=O)O. The Morgan fingerprint density at radius 2 is 1.45 bits per heavy atom. The van der Waals surface area contributed by atoms with Gasteiger partial charge in [-0.1, -0.05) is 6.42 Å². The number of carboxylic acids is 2. The molecule has 0 amide bonds. The number of aliphatic carboxylic acids is 2. The molecule has 0 aliphatic rings. The van der Waals surface area contributed by atoms with Crippen LogP contribution in [0.4, 0.5) is 0 Å². The molecule has 0 aromatic carbocycles. The molecule has 0 spiro atoms. The number of hydrogen-bond acceptors (Lipinski definition) is 6. The largest absolute Gasteiger partial charge is 0.480 e.